The first-order chi connectivity index (χ1) is 8.28. The van der Waals surface area contributed by atoms with Crippen molar-refractivity contribution in [2.75, 3.05) is 13.2 Å². The van der Waals surface area contributed by atoms with E-state index < -0.39 is 5.60 Å². The lowest BCUT2D eigenvalue weighted by Gasteiger charge is -2.38. The van der Waals surface area contributed by atoms with Gasteiger partial charge in [0.05, 0.1) is 17.7 Å². The Kier molecular flexibility index (Phi) is 2.81. The molecule has 0 bridgehead atoms. The van der Waals surface area contributed by atoms with Gasteiger partial charge in [-0.25, -0.2) is 15.0 Å². The predicted molar refractivity (Wildman–Crippen MR) is 65.0 cm³/mol. The molecule has 3 rings (SSSR count). The van der Waals surface area contributed by atoms with Gasteiger partial charge in [-0.3, -0.25) is 0 Å². The van der Waals surface area contributed by atoms with Crippen LogP contribution in [0.4, 0.5) is 0 Å². The van der Waals surface area contributed by atoms with Crippen molar-refractivity contribution < 1.29 is 9.47 Å². The lowest BCUT2D eigenvalue weighted by Crippen LogP contribution is -2.51. The Hall–Kier alpha value is -1.05. The molecule has 3 heterocycles. The number of hydrogen-bond donors (Lipinski definition) is 0. The molecule has 7 heteroatoms. The lowest BCUT2D eigenvalue weighted by molar-refractivity contribution is -0.171. The fraction of sp³-hybridized carbons (Fsp3) is 0.300. The van der Waals surface area contributed by atoms with E-state index in [-0.39, 0.29) is 0 Å². The zero-order valence-electron chi connectivity index (χ0n) is 8.67. The van der Waals surface area contributed by atoms with Crippen LogP contribution in [0.5, 0.6) is 6.01 Å². The van der Waals surface area contributed by atoms with Gasteiger partial charge in [0.15, 0.2) is 0 Å². The van der Waals surface area contributed by atoms with Gasteiger partial charge in [0.1, 0.15) is 5.01 Å². The highest BCUT2D eigenvalue weighted by Gasteiger charge is 2.46. The standard InChI is InChI=1S/C10H8BrN3O2S/c11-7-3-13-9(14-4-7)16-10(5-15-6-10)8-12-1-2-17-8/h1-4H,5-6H2. The highest BCUT2D eigenvalue weighted by molar-refractivity contribution is 9.10. The van der Waals surface area contributed by atoms with Crippen LogP contribution in [-0.4, -0.2) is 28.2 Å². The molecule has 0 amide bonds. The molecule has 0 aliphatic carbocycles. The third-order valence-electron chi connectivity index (χ3n) is 2.38. The molecule has 2 aromatic heterocycles. The molecule has 0 unspecified atom stereocenters. The van der Waals surface area contributed by atoms with Crippen molar-refractivity contribution >= 4 is 27.3 Å². The summed E-state index contributed by atoms with van der Waals surface area (Å²) in [5.41, 5.74) is -0.512. The van der Waals surface area contributed by atoms with Gasteiger partial charge in [-0.1, -0.05) is 0 Å². The number of nitrogens with zero attached hydrogens (tertiary/aromatic N) is 3. The maximum absolute atomic E-state index is 5.82. The molecule has 17 heavy (non-hydrogen) atoms. The molecule has 1 aliphatic heterocycles. The van der Waals surface area contributed by atoms with Gasteiger partial charge in [-0.15, -0.1) is 11.3 Å². The Morgan fingerprint density at radius 1 is 1.29 bits per heavy atom. The smallest absolute Gasteiger partial charge is 0.317 e. The van der Waals surface area contributed by atoms with Crippen LogP contribution in [0.15, 0.2) is 28.4 Å². The molecule has 1 fully saturated rings. The van der Waals surface area contributed by atoms with Crippen LogP contribution >= 0.6 is 27.3 Å². The minimum absolute atomic E-state index is 0.340. The second-order valence-corrected chi connectivity index (χ2v) is 5.42. The van der Waals surface area contributed by atoms with Crippen molar-refractivity contribution in [3.8, 4) is 6.01 Å². The molecule has 5 nitrogen and oxygen atoms in total. The molecule has 0 radical (unpaired) electrons. The molecule has 0 atom stereocenters. The first-order valence-electron chi connectivity index (χ1n) is 4.93. The number of aromatic nitrogens is 3. The number of thiazole rings is 1. The van der Waals surface area contributed by atoms with E-state index in [0.717, 1.165) is 9.48 Å². The fourth-order valence-electron chi connectivity index (χ4n) is 1.49. The van der Waals surface area contributed by atoms with Gasteiger partial charge >= 0.3 is 6.01 Å². The van der Waals surface area contributed by atoms with Gasteiger partial charge < -0.3 is 9.47 Å². The average Bonchev–Trinajstić information content (AvgIpc) is 2.80. The third-order valence-corrected chi connectivity index (χ3v) is 3.74. The molecule has 0 saturated carbocycles. The molecule has 1 aliphatic rings. The normalized spacial score (nSPS) is 17.5. The van der Waals surface area contributed by atoms with Gasteiger partial charge in [-0.05, 0) is 15.9 Å². The predicted octanol–water partition coefficient (Wildman–Crippen LogP) is 2.00. The SMILES string of the molecule is Brc1cnc(OC2(c3nccs3)COC2)nc1. The maximum atomic E-state index is 5.82. The van der Waals surface area contributed by atoms with Crippen LogP contribution in [-0.2, 0) is 10.3 Å². The summed E-state index contributed by atoms with van der Waals surface area (Å²) in [7, 11) is 0. The maximum Gasteiger partial charge on any atom is 0.317 e. The second kappa shape index (κ2) is 4.32. The fourth-order valence-corrected chi connectivity index (χ4v) is 2.44. The third kappa shape index (κ3) is 2.05. The average molecular weight is 314 g/mol. The van der Waals surface area contributed by atoms with E-state index in [1.54, 1.807) is 29.9 Å². The summed E-state index contributed by atoms with van der Waals surface area (Å²) in [6.45, 7) is 0.972. The minimum atomic E-state index is -0.512. The van der Waals surface area contributed by atoms with Crippen LogP contribution in [0.2, 0.25) is 0 Å². The van der Waals surface area contributed by atoms with E-state index >= 15 is 0 Å². The zero-order chi connectivity index (χ0) is 11.7. The summed E-state index contributed by atoms with van der Waals surface area (Å²) in [6.07, 6.45) is 5.06. The Morgan fingerprint density at radius 3 is 2.59 bits per heavy atom. The Balaban J connectivity index is 1.85. The van der Waals surface area contributed by atoms with Gasteiger partial charge in [0.25, 0.3) is 0 Å². The van der Waals surface area contributed by atoms with Crippen LogP contribution in [0.1, 0.15) is 5.01 Å². The van der Waals surface area contributed by atoms with E-state index in [1.165, 1.54) is 0 Å². The molecular weight excluding hydrogens is 306 g/mol. The topological polar surface area (TPSA) is 57.1 Å². The molecule has 2 aromatic rings. The van der Waals surface area contributed by atoms with Crippen molar-refractivity contribution in [2.45, 2.75) is 5.60 Å². The Bertz CT molecular complexity index is 499. The minimum Gasteiger partial charge on any atom is -0.444 e. The van der Waals surface area contributed by atoms with E-state index in [2.05, 4.69) is 30.9 Å². The summed E-state index contributed by atoms with van der Waals surface area (Å²) < 4.78 is 11.9. The van der Waals surface area contributed by atoms with E-state index in [4.69, 9.17) is 9.47 Å². The van der Waals surface area contributed by atoms with Crippen LogP contribution in [0.25, 0.3) is 0 Å². The first-order valence-corrected chi connectivity index (χ1v) is 6.60. The van der Waals surface area contributed by atoms with Crippen molar-refractivity contribution in [1.82, 2.24) is 15.0 Å². The van der Waals surface area contributed by atoms with Gasteiger partial charge in [-0.2, -0.15) is 0 Å². The van der Waals surface area contributed by atoms with Crippen molar-refractivity contribution in [3.05, 3.63) is 33.5 Å². The van der Waals surface area contributed by atoms with E-state index in [1.807, 2.05) is 5.38 Å². The Labute approximate surface area is 110 Å². The largest absolute Gasteiger partial charge is 0.444 e. The van der Waals surface area contributed by atoms with Crippen molar-refractivity contribution in [3.63, 3.8) is 0 Å². The first kappa shape index (κ1) is 11.1. The van der Waals surface area contributed by atoms with Crippen molar-refractivity contribution in [2.24, 2.45) is 0 Å². The highest BCUT2D eigenvalue weighted by atomic mass is 79.9. The van der Waals surface area contributed by atoms with Gasteiger partial charge in [0.2, 0.25) is 5.60 Å². The number of halogens is 1. The summed E-state index contributed by atoms with van der Waals surface area (Å²) in [5, 5.41) is 2.82. The molecule has 88 valence electrons. The van der Waals surface area contributed by atoms with E-state index in [0.29, 0.717) is 19.2 Å². The number of rotatable bonds is 3. The molecule has 0 spiro atoms. The van der Waals surface area contributed by atoms with Crippen LogP contribution in [0, 0.1) is 0 Å². The van der Waals surface area contributed by atoms with Crippen molar-refractivity contribution in [1.29, 1.82) is 0 Å². The Morgan fingerprint density at radius 2 is 2.06 bits per heavy atom. The van der Waals surface area contributed by atoms with Crippen LogP contribution in [0.3, 0.4) is 0 Å². The highest BCUT2D eigenvalue weighted by Crippen LogP contribution is 2.34. The molecular formula is C10H8BrN3O2S. The van der Waals surface area contributed by atoms with Crippen LogP contribution < -0.4 is 4.74 Å². The summed E-state index contributed by atoms with van der Waals surface area (Å²) in [4.78, 5) is 12.5. The monoisotopic (exact) mass is 313 g/mol. The lowest BCUT2D eigenvalue weighted by atomic mass is 10.0. The number of ether oxygens (including phenoxy) is 2. The quantitative estimate of drug-likeness (QED) is 0.867. The van der Waals surface area contributed by atoms with Gasteiger partial charge in [0, 0.05) is 24.0 Å². The number of hydrogen-bond acceptors (Lipinski definition) is 6. The molecule has 1 saturated heterocycles. The molecule has 0 aromatic carbocycles. The van der Waals surface area contributed by atoms with E-state index in [9.17, 15) is 0 Å². The summed E-state index contributed by atoms with van der Waals surface area (Å²) in [5.74, 6) is 0. The molecule has 0 N–H and O–H groups in total. The summed E-state index contributed by atoms with van der Waals surface area (Å²) >= 11 is 4.83. The second-order valence-electron chi connectivity index (χ2n) is 3.61. The summed E-state index contributed by atoms with van der Waals surface area (Å²) in [6, 6.07) is 0.340. The zero-order valence-corrected chi connectivity index (χ0v) is 11.1.